The standard InChI is InChI=1S/C13H20N2O2S/c1-11-7-6-8-12(2)15(11)14-18(16,17)13-9-4-3-5-10-13/h3-5,9-12,14H,6-8H2,1-2H3. The van der Waals surface area contributed by atoms with Crippen molar-refractivity contribution in [2.24, 2.45) is 0 Å². The Morgan fingerprint density at radius 1 is 1.11 bits per heavy atom. The fourth-order valence-corrected chi connectivity index (χ4v) is 3.65. The molecular formula is C13H20N2O2S. The number of sulfonamides is 1. The lowest BCUT2D eigenvalue weighted by atomic mass is 10.0. The summed E-state index contributed by atoms with van der Waals surface area (Å²) in [4.78, 5) is 3.03. The zero-order valence-corrected chi connectivity index (χ0v) is 11.7. The molecule has 1 saturated heterocycles. The molecular weight excluding hydrogens is 248 g/mol. The average molecular weight is 268 g/mol. The maximum atomic E-state index is 12.2. The minimum absolute atomic E-state index is 0.243. The van der Waals surface area contributed by atoms with Gasteiger partial charge in [0.15, 0.2) is 0 Å². The van der Waals surface area contributed by atoms with Gasteiger partial charge in [-0.25, -0.2) is 13.4 Å². The molecule has 1 heterocycles. The van der Waals surface area contributed by atoms with E-state index in [1.165, 1.54) is 0 Å². The van der Waals surface area contributed by atoms with Gasteiger partial charge in [-0.1, -0.05) is 24.6 Å². The molecule has 2 rings (SSSR count). The van der Waals surface area contributed by atoms with Crippen molar-refractivity contribution in [2.75, 3.05) is 0 Å². The Labute approximate surface area is 109 Å². The molecule has 0 amide bonds. The van der Waals surface area contributed by atoms with E-state index in [4.69, 9.17) is 0 Å². The van der Waals surface area contributed by atoms with E-state index >= 15 is 0 Å². The zero-order chi connectivity index (χ0) is 13.2. The number of nitrogens with zero attached hydrogens (tertiary/aromatic N) is 1. The molecule has 0 aliphatic carbocycles. The summed E-state index contributed by atoms with van der Waals surface area (Å²) >= 11 is 0. The lowest BCUT2D eigenvalue weighted by Crippen LogP contribution is -2.53. The van der Waals surface area contributed by atoms with Crippen molar-refractivity contribution >= 4 is 10.0 Å². The Morgan fingerprint density at radius 2 is 1.67 bits per heavy atom. The predicted octanol–water partition coefficient (Wildman–Crippen LogP) is 2.14. The van der Waals surface area contributed by atoms with Gasteiger partial charge in [0.05, 0.1) is 4.90 Å². The van der Waals surface area contributed by atoms with Crippen LogP contribution in [0.2, 0.25) is 0 Å². The van der Waals surface area contributed by atoms with E-state index < -0.39 is 10.0 Å². The van der Waals surface area contributed by atoms with Gasteiger partial charge in [0.2, 0.25) is 0 Å². The highest BCUT2D eigenvalue weighted by molar-refractivity contribution is 7.89. The SMILES string of the molecule is CC1CCCC(C)N1NS(=O)(=O)c1ccccc1. The lowest BCUT2D eigenvalue weighted by molar-refractivity contribution is 0.0790. The number of hydrogen-bond donors (Lipinski definition) is 1. The van der Waals surface area contributed by atoms with E-state index in [9.17, 15) is 8.42 Å². The van der Waals surface area contributed by atoms with Crippen molar-refractivity contribution in [3.05, 3.63) is 30.3 Å². The van der Waals surface area contributed by atoms with Crippen molar-refractivity contribution in [2.45, 2.75) is 50.1 Å². The number of benzene rings is 1. The highest BCUT2D eigenvalue weighted by Crippen LogP contribution is 2.21. The first kappa shape index (κ1) is 13.5. The summed E-state index contributed by atoms with van der Waals surface area (Å²) in [6.07, 6.45) is 3.22. The molecule has 1 N–H and O–H groups in total. The van der Waals surface area contributed by atoms with E-state index in [2.05, 4.69) is 18.7 Å². The molecule has 0 radical (unpaired) electrons. The Bertz CT molecular complexity index is 477. The van der Waals surface area contributed by atoms with Crippen LogP contribution in [0.3, 0.4) is 0 Å². The molecule has 2 atom stereocenters. The molecule has 1 aliphatic heterocycles. The van der Waals surface area contributed by atoms with Gasteiger partial charge in [0, 0.05) is 12.1 Å². The van der Waals surface area contributed by atoms with Crippen LogP contribution >= 0.6 is 0 Å². The fourth-order valence-electron chi connectivity index (χ4n) is 2.39. The first-order valence-corrected chi connectivity index (χ1v) is 7.85. The van der Waals surface area contributed by atoms with Gasteiger partial charge in [-0.05, 0) is 38.8 Å². The summed E-state index contributed by atoms with van der Waals surface area (Å²) < 4.78 is 24.5. The average Bonchev–Trinajstić information content (AvgIpc) is 2.35. The van der Waals surface area contributed by atoms with Crippen LogP contribution in [0.4, 0.5) is 0 Å². The summed E-state index contributed by atoms with van der Waals surface area (Å²) in [6.45, 7) is 4.12. The van der Waals surface area contributed by atoms with E-state index in [1.807, 2.05) is 11.1 Å². The predicted molar refractivity (Wildman–Crippen MR) is 71.4 cm³/mol. The number of rotatable bonds is 3. The third-order valence-electron chi connectivity index (χ3n) is 3.47. The molecule has 100 valence electrons. The fraction of sp³-hybridized carbons (Fsp3) is 0.538. The summed E-state index contributed by atoms with van der Waals surface area (Å²) in [6, 6.07) is 8.99. The van der Waals surface area contributed by atoms with E-state index in [-0.39, 0.29) is 12.1 Å². The van der Waals surface area contributed by atoms with E-state index in [0.29, 0.717) is 4.90 Å². The topological polar surface area (TPSA) is 49.4 Å². The van der Waals surface area contributed by atoms with Gasteiger partial charge in [0.25, 0.3) is 10.0 Å². The molecule has 0 saturated carbocycles. The second-order valence-electron chi connectivity index (χ2n) is 4.94. The van der Waals surface area contributed by atoms with Crippen molar-refractivity contribution in [3.63, 3.8) is 0 Å². The van der Waals surface area contributed by atoms with Crippen LogP contribution in [-0.2, 0) is 10.0 Å². The third-order valence-corrected chi connectivity index (χ3v) is 4.82. The number of hydrazine groups is 1. The first-order chi connectivity index (χ1) is 8.50. The minimum atomic E-state index is -3.45. The zero-order valence-electron chi connectivity index (χ0n) is 10.8. The summed E-state index contributed by atoms with van der Waals surface area (Å²) in [7, 11) is -3.45. The van der Waals surface area contributed by atoms with Gasteiger partial charge in [-0.3, -0.25) is 0 Å². The molecule has 18 heavy (non-hydrogen) atoms. The number of nitrogens with one attached hydrogen (secondary N) is 1. The van der Waals surface area contributed by atoms with Crippen molar-refractivity contribution in [1.82, 2.24) is 9.84 Å². The van der Waals surface area contributed by atoms with E-state index in [1.54, 1.807) is 24.3 Å². The monoisotopic (exact) mass is 268 g/mol. The lowest BCUT2D eigenvalue weighted by Gasteiger charge is -2.38. The second-order valence-corrected chi connectivity index (χ2v) is 6.60. The Balaban J connectivity index is 2.17. The smallest absolute Gasteiger partial charge is 0.225 e. The summed E-state index contributed by atoms with van der Waals surface area (Å²) in [5.74, 6) is 0. The maximum absolute atomic E-state index is 12.2. The molecule has 0 bridgehead atoms. The molecule has 5 heteroatoms. The van der Waals surface area contributed by atoms with Crippen molar-refractivity contribution in [1.29, 1.82) is 0 Å². The van der Waals surface area contributed by atoms with E-state index in [0.717, 1.165) is 19.3 Å². The highest BCUT2D eigenvalue weighted by Gasteiger charge is 2.28. The number of piperidine rings is 1. The third kappa shape index (κ3) is 2.91. The van der Waals surface area contributed by atoms with Crippen LogP contribution in [0.5, 0.6) is 0 Å². The minimum Gasteiger partial charge on any atom is -0.225 e. The molecule has 1 aliphatic rings. The Hall–Kier alpha value is -0.910. The number of hydrogen-bond acceptors (Lipinski definition) is 3. The molecule has 0 spiro atoms. The first-order valence-electron chi connectivity index (χ1n) is 6.36. The van der Waals surface area contributed by atoms with Crippen LogP contribution in [0, 0.1) is 0 Å². The van der Waals surface area contributed by atoms with Crippen molar-refractivity contribution in [3.8, 4) is 0 Å². The molecule has 0 aromatic heterocycles. The summed E-state index contributed by atoms with van der Waals surface area (Å²) in [5, 5.41) is 1.87. The van der Waals surface area contributed by atoms with Crippen LogP contribution in [0.15, 0.2) is 35.2 Å². The molecule has 1 aromatic carbocycles. The second kappa shape index (κ2) is 5.38. The van der Waals surface area contributed by atoms with Crippen molar-refractivity contribution < 1.29 is 8.42 Å². The van der Waals surface area contributed by atoms with Crippen LogP contribution in [0.1, 0.15) is 33.1 Å². The Kier molecular flexibility index (Phi) is 4.04. The van der Waals surface area contributed by atoms with Gasteiger partial charge in [-0.15, -0.1) is 4.83 Å². The Morgan fingerprint density at radius 3 is 2.22 bits per heavy atom. The van der Waals surface area contributed by atoms with Crippen LogP contribution < -0.4 is 4.83 Å². The van der Waals surface area contributed by atoms with Crippen LogP contribution in [0.25, 0.3) is 0 Å². The highest BCUT2D eigenvalue weighted by atomic mass is 32.2. The molecule has 2 unspecified atom stereocenters. The van der Waals surface area contributed by atoms with Gasteiger partial charge < -0.3 is 0 Å². The largest absolute Gasteiger partial charge is 0.253 e. The molecule has 1 aromatic rings. The molecule has 4 nitrogen and oxygen atoms in total. The van der Waals surface area contributed by atoms with Gasteiger partial charge in [-0.2, -0.15) is 0 Å². The molecule has 1 fully saturated rings. The summed E-state index contributed by atoms with van der Waals surface area (Å²) in [5.41, 5.74) is 0. The van der Waals surface area contributed by atoms with Gasteiger partial charge >= 0.3 is 0 Å². The van der Waals surface area contributed by atoms with Crippen LogP contribution in [-0.4, -0.2) is 25.5 Å². The normalized spacial score (nSPS) is 26.1. The quantitative estimate of drug-likeness (QED) is 0.913. The maximum Gasteiger partial charge on any atom is 0.253 e. The van der Waals surface area contributed by atoms with Gasteiger partial charge in [0.1, 0.15) is 0 Å².